The highest BCUT2D eigenvalue weighted by Crippen LogP contribution is 2.39. The molecule has 0 fully saturated rings. The van der Waals surface area contributed by atoms with Crippen LogP contribution in [0.5, 0.6) is 0 Å². The van der Waals surface area contributed by atoms with Gasteiger partial charge < -0.3 is 5.11 Å². The molecular weight excluding hydrogens is 268 g/mol. The Hall–Kier alpha value is -0.890. The van der Waals surface area contributed by atoms with Crippen molar-refractivity contribution in [3.63, 3.8) is 0 Å². The minimum Gasteiger partial charge on any atom is -0.395 e. The molecule has 2 rings (SSSR count). The van der Waals surface area contributed by atoms with Crippen LogP contribution < -0.4 is 5.32 Å². The van der Waals surface area contributed by atoms with Crippen LogP contribution in [0.4, 0.5) is 0 Å². The summed E-state index contributed by atoms with van der Waals surface area (Å²) in [6, 6.07) is 8.28. The van der Waals surface area contributed by atoms with Crippen molar-refractivity contribution >= 4 is 15.9 Å². The summed E-state index contributed by atoms with van der Waals surface area (Å²) < 4.78 is 1.06. The van der Waals surface area contributed by atoms with E-state index in [2.05, 4.69) is 27.3 Å². The average Bonchev–Trinajstić information content (AvgIpc) is 2.68. The summed E-state index contributed by atoms with van der Waals surface area (Å²) in [6.45, 7) is 0.492. The minimum atomic E-state index is -0.623. The van der Waals surface area contributed by atoms with Gasteiger partial charge in [0.05, 0.1) is 12.7 Å². The number of nitriles is 1. The van der Waals surface area contributed by atoms with Gasteiger partial charge in [-0.05, 0) is 30.0 Å². The smallest absolute Gasteiger partial charge is 0.132 e. The zero-order chi connectivity index (χ0) is 11.6. The van der Waals surface area contributed by atoms with Gasteiger partial charge in [0.25, 0.3) is 0 Å². The van der Waals surface area contributed by atoms with Crippen LogP contribution in [0.15, 0.2) is 22.7 Å². The first kappa shape index (κ1) is 11.6. The topological polar surface area (TPSA) is 56.0 Å². The van der Waals surface area contributed by atoms with E-state index in [0.717, 1.165) is 22.9 Å². The van der Waals surface area contributed by atoms with Gasteiger partial charge in [-0.1, -0.05) is 28.1 Å². The molecule has 0 radical (unpaired) electrons. The first-order chi connectivity index (χ1) is 7.73. The van der Waals surface area contributed by atoms with Crippen molar-refractivity contribution in [3.8, 4) is 6.07 Å². The van der Waals surface area contributed by atoms with Crippen LogP contribution in [-0.4, -0.2) is 18.3 Å². The lowest BCUT2D eigenvalue weighted by atomic mass is 9.93. The van der Waals surface area contributed by atoms with Crippen molar-refractivity contribution < 1.29 is 5.11 Å². The van der Waals surface area contributed by atoms with E-state index >= 15 is 0 Å². The number of nitrogens with zero attached hydrogens (tertiary/aromatic N) is 1. The number of hydrogen-bond donors (Lipinski definition) is 2. The second kappa shape index (κ2) is 4.54. The Labute approximate surface area is 103 Å². The number of rotatable bonds is 3. The molecule has 0 amide bonds. The molecule has 1 unspecified atom stereocenters. The zero-order valence-electron chi connectivity index (χ0n) is 8.83. The first-order valence-corrected chi connectivity index (χ1v) is 6.08. The van der Waals surface area contributed by atoms with Crippen LogP contribution in [-0.2, 0) is 12.0 Å². The zero-order valence-corrected chi connectivity index (χ0v) is 10.4. The molecule has 0 heterocycles. The molecule has 84 valence electrons. The summed E-state index contributed by atoms with van der Waals surface area (Å²) in [7, 11) is 0. The number of hydrogen-bond acceptors (Lipinski definition) is 3. The molecule has 0 saturated carbocycles. The highest BCUT2D eigenvalue weighted by atomic mass is 79.9. The Kier molecular flexibility index (Phi) is 3.29. The van der Waals surface area contributed by atoms with E-state index in [1.165, 1.54) is 5.56 Å². The summed E-state index contributed by atoms with van der Waals surface area (Å²) in [5, 5.41) is 21.4. The van der Waals surface area contributed by atoms with E-state index < -0.39 is 5.54 Å². The van der Waals surface area contributed by atoms with E-state index in [4.69, 9.17) is 5.11 Å². The molecule has 3 nitrogen and oxygen atoms in total. The van der Waals surface area contributed by atoms with Gasteiger partial charge in [-0.2, -0.15) is 5.26 Å². The van der Waals surface area contributed by atoms with Crippen molar-refractivity contribution in [1.82, 2.24) is 5.32 Å². The number of fused-ring (bicyclic) bond motifs is 1. The maximum absolute atomic E-state index is 9.37. The Morgan fingerprint density at radius 2 is 2.38 bits per heavy atom. The number of nitrogens with one attached hydrogen (secondary N) is 1. The standard InChI is InChI=1S/C12H13BrN2O/c13-11-3-1-2-10-9(11)4-5-12(10,8-14)15-6-7-16/h1-3,15-16H,4-7H2. The lowest BCUT2D eigenvalue weighted by Crippen LogP contribution is -2.40. The van der Waals surface area contributed by atoms with Gasteiger partial charge in [-0.25, -0.2) is 0 Å². The minimum absolute atomic E-state index is 0.0484. The van der Waals surface area contributed by atoms with Crippen LogP contribution in [0.2, 0.25) is 0 Å². The van der Waals surface area contributed by atoms with Crippen molar-refractivity contribution in [3.05, 3.63) is 33.8 Å². The van der Waals surface area contributed by atoms with Crippen molar-refractivity contribution in [1.29, 1.82) is 5.26 Å². The molecule has 1 aliphatic carbocycles. The van der Waals surface area contributed by atoms with Gasteiger partial charge in [0.1, 0.15) is 5.54 Å². The average molecular weight is 281 g/mol. The molecule has 0 aliphatic heterocycles. The molecule has 1 atom stereocenters. The Bertz CT molecular complexity index is 441. The predicted octanol–water partition coefficient (Wildman–Crippen LogP) is 1.70. The first-order valence-electron chi connectivity index (χ1n) is 5.28. The Morgan fingerprint density at radius 1 is 1.56 bits per heavy atom. The SMILES string of the molecule is N#CC1(NCCO)CCc2c(Br)cccc21. The van der Waals surface area contributed by atoms with Gasteiger partial charge in [-0.15, -0.1) is 0 Å². The maximum atomic E-state index is 9.37. The molecule has 1 aromatic rings. The molecule has 16 heavy (non-hydrogen) atoms. The third kappa shape index (κ3) is 1.75. The molecule has 1 aromatic carbocycles. The maximum Gasteiger partial charge on any atom is 0.132 e. The molecular formula is C12H13BrN2O. The third-order valence-corrected chi connectivity index (χ3v) is 3.80. The highest BCUT2D eigenvalue weighted by molar-refractivity contribution is 9.10. The van der Waals surface area contributed by atoms with Crippen molar-refractivity contribution in [2.75, 3.05) is 13.2 Å². The van der Waals surface area contributed by atoms with Crippen molar-refractivity contribution in [2.45, 2.75) is 18.4 Å². The fourth-order valence-electron chi connectivity index (χ4n) is 2.27. The van der Waals surface area contributed by atoms with Crippen molar-refractivity contribution in [2.24, 2.45) is 0 Å². The summed E-state index contributed by atoms with van der Waals surface area (Å²) in [6.07, 6.45) is 1.66. The van der Waals surface area contributed by atoms with Gasteiger partial charge in [0.2, 0.25) is 0 Å². The monoisotopic (exact) mass is 280 g/mol. The van der Waals surface area contributed by atoms with E-state index in [1.807, 2.05) is 18.2 Å². The third-order valence-electron chi connectivity index (χ3n) is 3.06. The summed E-state index contributed by atoms with van der Waals surface area (Å²) in [5.74, 6) is 0. The lowest BCUT2D eigenvalue weighted by Gasteiger charge is -2.23. The fourth-order valence-corrected chi connectivity index (χ4v) is 2.83. The quantitative estimate of drug-likeness (QED) is 0.886. The second-order valence-corrected chi connectivity index (χ2v) is 4.79. The van der Waals surface area contributed by atoms with E-state index in [1.54, 1.807) is 0 Å². The normalized spacial score (nSPS) is 22.8. The van der Waals surface area contributed by atoms with E-state index in [-0.39, 0.29) is 6.61 Å². The van der Waals surface area contributed by atoms with Crippen LogP contribution in [0.1, 0.15) is 17.5 Å². The van der Waals surface area contributed by atoms with Crippen LogP contribution in [0.25, 0.3) is 0 Å². The molecule has 0 bridgehead atoms. The van der Waals surface area contributed by atoms with Crippen LogP contribution >= 0.6 is 15.9 Å². The molecule has 4 heteroatoms. The number of aliphatic hydroxyl groups excluding tert-OH is 1. The second-order valence-electron chi connectivity index (χ2n) is 3.93. The van der Waals surface area contributed by atoms with Gasteiger partial charge in [0.15, 0.2) is 0 Å². The number of aliphatic hydroxyl groups is 1. The summed E-state index contributed by atoms with van der Waals surface area (Å²) in [4.78, 5) is 0. The molecule has 1 aliphatic rings. The van der Waals surface area contributed by atoms with Gasteiger partial charge in [0, 0.05) is 11.0 Å². The Morgan fingerprint density at radius 3 is 3.06 bits per heavy atom. The van der Waals surface area contributed by atoms with E-state index in [9.17, 15) is 5.26 Å². The highest BCUT2D eigenvalue weighted by Gasteiger charge is 2.39. The summed E-state index contributed by atoms with van der Waals surface area (Å²) in [5.41, 5.74) is 1.62. The molecule has 0 spiro atoms. The van der Waals surface area contributed by atoms with E-state index in [0.29, 0.717) is 6.54 Å². The molecule has 0 aromatic heterocycles. The largest absolute Gasteiger partial charge is 0.395 e. The fraction of sp³-hybridized carbons (Fsp3) is 0.417. The number of halogens is 1. The Balaban J connectivity index is 2.40. The van der Waals surface area contributed by atoms with Crippen LogP contribution in [0, 0.1) is 11.3 Å². The number of benzene rings is 1. The van der Waals surface area contributed by atoms with Gasteiger partial charge >= 0.3 is 0 Å². The summed E-state index contributed by atoms with van der Waals surface area (Å²) >= 11 is 3.51. The lowest BCUT2D eigenvalue weighted by molar-refractivity contribution is 0.272. The predicted molar refractivity (Wildman–Crippen MR) is 64.8 cm³/mol. The van der Waals surface area contributed by atoms with Crippen LogP contribution in [0.3, 0.4) is 0 Å². The molecule has 0 saturated heterocycles. The van der Waals surface area contributed by atoms with Gasteiger partial charge in [-0.3, -0.25) is 5.32 Å². The molecule has 2 N–H and O–H groups in total.